The van der Waals surface area contributed by atoms with E-state index in [1.807, 2.05) is 20.8 Å². The molecule has 3 rings (SSSR count). The number of carbonyl (C=O) groups is 4. The van der Waals surface area contributed by atoms with Crippen molar-refractivity contribution >= 4 is 23.7 Å². The zero-order valence-electron chi connectivity index (χ0n) is 20.4. The minimum absolute atomic E-state index is 0.0487. The lowest BCUT2D eigenvalue weighted by Gasteiger charge is -2.36. The van der Waals surface area contributed by atoms with Gasteiger partial charge in [-0.3, -0.25) is 19.4 Å². The molecule has 0 radical (unpaired) electrons. The van der Waals surface area contributed by atoms with Gasteiger partial charge >= 0.3 is 5.97 Å². The molecule has 1 aromatic rings. The maximum atomic E-state index is 13.7. The molecule has 2 heterocycles. The van der Waals surface area contributed by atoms with Gasteiger partial charge in [0.15, 0.2) is 0 Å². The van der Waals surface area contributed by atoms with Gasteiger partial charge in [0.25, 0.3) is 5.91 Å². The minimum atomic E-state index is -1.00. The molecule has 1 aliphatic heterocycles. The average molecular weight is 474 g/mol. The number of carbonyl (C=O) groups excluding carboxylic acids is 3. The van der Waals surface area contributed by atoms with Crippen molar-refractivity contribution in [3.63, 3.8) is 0 Å². The van der Waals surface area contributed by atoms with Crippen LogP contribution in [0.5, 0.6) is 0 Å². The maximum absolute atomic E-state index is 13.7. The largest absolute Gasteiger partial charge is 0.480 e. The summed E-state index contributed by atoms with van der Waals surface area (Å²) in [7, 11) is 0. The normalized spacial score (nSPS) is 23.8. The predicted octanol–water partition coefficient (Wildman–Crippen LogP) is 1.47. The molecule has 10 nitrogen and oxygen atoms in total. The first-order chi connectivity index (χ1) is 15.9. The fourth-order valence-corrected chi connectivity index (χ4v) is 5.06. The molecular weight excluding hydrogens is 438 g/mol. The van der Waals surface area contributed by atoms with Crippen LogP contribution in [0.1, 0.15) is 64.4 Å². The van der Waals surface area contributed by atoms with E-state index in [1.165, 1.54) is 23.5 Å². The van der Waals surface area contributed by atoms with Gasteiger partial charge in [-0.05, 0) is 36.0 Å². The van der Waals surface area contributed by atoms with Crippen LogP contribution in [0.25, 0.3) is 0 Å². The highest BCUT2D eigenvalue weighted by Gasteiger charge is 2.52. The quantitative estimate of drug-likeness (QED) is 0.544. The van der Waals surface area contributed by atoms with E-state index in [0.29, 0.717) is 6.54 Å². The van der Waals surface area contributed by atoms with Crippen molar-refractivity contribution in [3.05, 3.63) is 24.3 Å². The molecule has 34 heavy (non-hydrogen) atoms. The lowest BCUT2D eigenvalue weighted by Crippen LogP contribution is -2.61. The number of fused-ring (bicyclic) bond motifs is 1. The van der Waals surface area contributed by atoms with E-state index in [9.17, 15) is 24.3 Å². The number of nitrogens with zero attached hydrogens (tertiary/aromatic N) is 3. The van der Waals surface area contributed by atoms with Crippen LogP contribution in [0.2, 0.25) is 0 Å². The summed E-state index contributed by atoms with van der Waals surface area (Å²) in [6.45, 7) is 9.44. The molecule has 3 N–H and O–H groups in total. The van der Waals surface area contributed by atoms with E-state index >= 15 is 0 Å². The Bertz CT molecular complexity index is 929. The number of amides is 3. The summed E-state index contributed by atoms with van der Waals surface area (Å²) in [5.41, 5.74) is -0.596. The van der Waals surface area contributed by atoms with Gasteiger partial charge in [0.2, 0.25) is 11.8 Å². The van der Waals surface area contributed by atoms with Crippen LogP contribution in [-0.2, 0) is 14.4 Å². The number of likely N-dealkylation sites (tertiary alicyclic amines) is 1. The van der Waals surface area contributed by atoms with Crippen LogP contribution in [0.4, 0.5) is 0 Å². The molecule has 1 aromatic heterocycles. The van der Waals surface area contributed by atoms with Crippen molar-refractivity contribution in [1.29, 1.82) is 0 Å². The molecule has 0 bridgehead atoms. The maximum Gasteiger partial charge on any atom is 0.326 e. The van der Waals surface area contributed by atoms with Crippen molar-refractivity contribution in [1.82, 2.24) is 25.5 Å². The zero-order valence-corrected chi connectivity index (χ0v) is 20.4. The molecule has 0 aromatic carbocycles. The third-order valence-electron chi connectivity index (χ3n) is 6.86. The van der Waals surface area contributed by atoms with E-state index in [4.69, 9.17) is 0 Å². The third-order valence-corrected chi connectivity index (χ3v) is 6.86. The molecular formula is C24H35N5O5. The number of aliphatic carboxylic acids is 1. The highest BCUT2D eigenvalue weighted by molar-refractivity contribution is 5.97. The average Bonchev–Trinajstić information content (AvgIpc) is 3.35. The van der Waals surface area contributed by atoms with E-state index in [2.05, 4.69) is 20.6 Å². The van der Waals surface area contributed by atoms with E-state index in [1.54, 1.807) is 13.8 Å². The van der Waals surface area contributed by atoms with Crippen LogP contribution < -0.4 is 10.6 Å². The van der Waals surface area contributed by atoms with Crippen LogP contribution in [0.3, 0.4) is 0 Å². The summed E-state index contributed by atoms with van der Waals surface area (Å²) in [5.74, 6) is -2.59. The topological polar surface area (TPSA) is 142 Å². The molecule has 10 heteroatoms. The number of nitrogens with one attached hydrogen (secondary N) is 2. The van der Waals surface area contributed by atoms with Gasteiger partial charge in [0.1, 0.15) is 23.8 Å². The molecule has 1 saturated heterocycles. The Labute approximate surface area is 199 Å². The Morgan fingerprint density at radius 2 is 1.82 bits per heavy atom. The van der Waals surface area contributed by atoms with E-state index in [-0.39, 0.29) is 23.4 Å². The summed E-state index contributed by atoms with van der Waals surface area (Å²) < 4.78 is 0. The highest BCUT2D eigenvalue weighted by atomic mass is 16.4. The Balaban J connectivity index is 1.79. The van der Waals surface area contributed by atoms with Crippen molar-refractivity contribution < 1.29 is 24.3 Å². The van der Waals surface area contributed by atoms with Crippen molar-refractivity contribution in [2.75, 3.05) is 6.54 Å². The van der Waals surface area contributed by atoms with Crippen LogP contribution in [0, 0.1) is 23.2 Å². The summed E-state index contributed by atoms with van der Waals surface area (Å²) in [4.78, 5) is 60.9. The summed E-state index contributed by atoms with van der Waals surface area (Å²) in [6.07, 6.45) is 6.82. The van der Waals surface area contributed by atoms with Gasteiger partial charge in [-0.25, -0.2) is 9.78 Å². The number of carboxylic acids is 1. The molecule has 1 saturated carbocycles. The summed E-state index contributed by atoms with van der Waals surface area (Å²) in [6, 6.07) is -2.74. The van der Waals surface area contributed by atoms with Crippen LogP contribution in [-0.4, -0.2) is 68.3 Å². The Morgan fingerprint density at radius 3 is 2.38 bits per heavy atom. The second kappa shape index (κ2) is 10.1. The second-order valence-corrected chi connectivity index (χ2v) is 10.7. The molecule has 186 valence electrons. The van der Waals surface area contributed by atoms with Crippen LogP contribution >= 0.6 is 0 Å². The molecule has 0 spiro atoms. The minimum Gasteiger partial charge on any atom is -0.480 e. The standard InChI is InChI=1S/C24H35N5O5/c1-13(2)17(27-20(30)16-11-25-9-10-26-16)21(31)28-19(24(3,4)5)22(32)29-12-14-7-6-8-15(14)18(29)23(33)34/h9-11,13-15,17-19H,6-8,12H2,1-5H3,(H,27,30)(H,28,31)(H,33,34)/t14-,15-,17-,18?,19+/m0/s1. The first kappa shape index (κ1) is 25.6. The van der Waals surface area contributed by atoms with Gasteiger partial charge in [0.05, 0.1) is 6.20 Å². The lowest BCUT2D eigenvalue weighted by molar-refractivity contribution is -0.152. The van der Waals surface area contributed by atoms with Crippen molar-refractivity contribution in [2.45, 2.75) is 72.0 Å². The number of hydrogen-bond donors (Lipinski definition) is 3. The monoisotopic (exact) mass is 473 g/mol. The Morgan fingerprint density at radius 1 is 1.12 bits per heavy atom. The smallest absolute Gasteiger partial charge is 0.326 e. The third kappa shape index (κ3) is 5.37. The molecule has 2 fully saturated rings. The predicted molar refractivity (Wildman–Crippen MR) is 123 cm³/mol. The zero-order chi connectivity index (χ0) is 25.2. The molecule has 1 aliphatic carbocycles. The number of carboxylic acid groups (broad SMARTS) is 1. The van der Waals surface area contributed by atoms with Crippen LogP contribution in [0.15, 0.2) is 18.6 Å². The fourth-order valence-electron chi connectivity index (χ4n) is 5.06. The summed E-state index contributed by atoms with van der Waals surface area (Å²) >= 11 is 0. The molecule has 5 atom stereocenters. The van der Waals surface area contributed by atoms with Crippen molar-refractivity contribution in [2.24, 2.45) is 23.2 Å². The first-order valence-electron chi connectivity index (χ1n) is 11.8. The highest BCUT2D eigenvalue weighted by Crippen LogP contribution is 2.43. The fraction of sp³-hybridized carbons (Fsp3) is 0.667. The number of rotatable bonds is 7. The van der Waals surface area contributed by atoms with E-state index in [0.717, 1.165) is 19.3 Å². The second-order valence-electron chi connectivity index (χ2n) is 10.7. The van der Waals surface area contributed by atoms with Gasteiger partial charge in [-0.2, -0.15) is 0 Å². The van der Waals surface area contributed by atoms with Gasteiger partial charge < -0.3 is 20.6 Å². The van der Waals surface area contributed by atoms with Gasteiger partial charge in [0, 0.05) is 18.9 Å². The Kier molecular flexibility index (Phi) is 7.57. The number of aromatic nitrogens is 2. The van der Waals surface area contributed by atoms with Gasteiger partial charge in [-0.15, -0.1) is 0 Å². The molecule has 3 amide bonds. The van der Waals surface area contributed by atoms with Crippen molar-refractivity contribution in [3.8, 4) is 0 Å². The lowest BCUT2D eigenvalue weighted by atomic mass is 9.85. The SMILES string of the molecule is CC(C)[C@H](NC(=O)c1cnccn1)C(=O)N[C@H](C(=O)N1C[C@@H]2CCC[C@@H]2C1C(=O)O)C(C)(C)C. The Hall–Kier alpha value is -3.04. The van der Waals surface area contributed by atoms with E-state index < -0.39 is 47.2 Å². The first-order valence-corrected chi connectivity index (χ1v) is 11.8. The number of hydrogen-bond acceptors (Lipinski definition) is 6. The molecule has 1 unspecified atom stereocenters. The summed E-state index contributed by atoms with van der Waals surface area (Å²) in [5, 5.41) is 15.4. The van der Waals surface area contributed by atoms with Gasteiger partial charge in [-0.1, -0.05) is 41.0 Å². The molecule has 2 aliphatic rings.